The van der Waals surface area contributed by atoms with Crippen molar-refractivity contribution in [3.8, 4) is 5.75 Å². The molecular weight excluding hydrogens is 270 g/mol. The van der Waals surface area contributed by atoms with E-state index in [1.807, 2.05) is 0 Å². The molecule has 114 valence electrons. The molecule has 2 rings (SSSR count). The van der Waals surface area contributed by atoms with Crippen molar-refractivity contribution in [1.82, 2.24) is 5.32 Å². The summed E-state index contributed by atoms with van der Waals surface area (Å²) in [7, 11) is 1.56. The molecule has 1 aromatic carbocycles. The first-order valence-electron chi connectivity index (χ1n) is 7.29. The number of amides is 1. The van der Waals surface area contributed by atoms with Gasteiger partial charge < -0.3 is 14.8 Å². The lowest BCUT2D eigenvalue weighted by molar-refractivity contribution is -0.125. The minimum absolute atomic E-state index is 0.228. The van der Waals surface area contributed by atoms with Crippen LogP contribution in [0, 0.1) is 0 Å². The van der Waals surface area contributed by atoms with Gasteiger partial charge in [-0.05, 0) is 37.1 Å². The number of methoxy groups -OCH3 is 1. The number of ether oxygens (including phenoxy) is 2. The number of nitrogens with one attached hydrogen (secondary N) is 1. The molecule has 0 atom stereocenters. The van der Waals surface area contributed by atoms with Crippen molar-refractivity contribution >= 4 is 11.9 Å². The first kappa shape index (κ1) is 15.4. The van der Waals surface area contributed by atoms with Gasteiger partial charge in [-0.25, -0.2) is 4.79 Å². The highest BCUT2D eigenvalue weighted by atomic mass is 16.5. The summed E-state index contributed by atoms with van der Waals surface area (Å²) in [6.07, 6.45) is 5.56. The van der Waals surface area contributed by atoms with E-state index >= 15 is 0 Å². The van der Waals surface area contributed by atoms with E-state index in [9.17, 15) is 9.59 Å². The maximum atomic E-state index is 11.8. The van der Waals surface area contributed by atoms with E-state index in [2.05, 4.69) is 5.32 Å². The van der Waals surface area contributed by atoms with Gasteiger partial charge in [-0.1, -0.05) is 19.3 Å². The fraction of sp³-hybridized carbons (Fsp3) is 0.500. The lowest BCUT2D eigenvalue weighted by Crippen LogP contribution is -2.38. The average molecular weight is 291 g/mol. The number of carbonyl (C=O) groups excluding carboxylic acids is 2. The summed E-state index contributed by atoms with van der Waals surface area (Å²) in [6.45, 7) is -0.235. The summed E-state index contributed by atoms with van der Waals surface area (Å²) in [5, 5.41) is 2.91. The zero-order valence-corrected chi connectivity index (χ0v) is 12.3. The Morgan fingerprint density at radius 1 is 1.14 bits per heavy atom. The molecule has 0 aromatic heterocycles. The molecule has 0 heterocycles. The smallest absolute Gasteiger partial charge is 0.338 e. The summed E-state index contributed by atoms with van der Waals surface area (Å²) in [5.74, 6) is -0.0678. The first-order valence-corrected chi connectivity index (χ1v) is 7.29. The van der Waals surface area contributed by atoms with Crippen molar-refractivity contribution < 1.29 is 19.1 Å². The third kappa shape index (κ3) is 4.77. The van der Waals surface area contributed by atoms with Crippen molar-refractivity contribution in [3.05, 3.63) is 29.8 Å². The quantitative estimate of drug-likeness (QED) is 0.845. The number of esters is 1. The highest BCUT2D eigenvalue weighted by Gasteiger charge is 2.17. The van der Waals surface area contributed by atoms with Gasteiger partial charge in [0.15, 0.2) is 6.61 Å². The maximum Gasteiger partial charge on any atom is 0.338 e. The van der Waals surface area contributed by atoms with Crippen LogP contribution in [0.25, 0.3) is 0 Å². The average Bonchev–Trinajstić information content (AvgIpc) is 2.53. The SMILES string of the molecule is COc1ccc(C(=O)OCC(=O)NC2CCCCC2)cc1. The molecule has 21 heavy (non-hydrogen) atoms. The van der Waals surface area contributed by atoms with Gasteiger partial charge in [0.2, 0.25) is 0 Å². The second-order valence-electron chi connectivity index (χ2n) is 5.21. The predicted molar refractivity (Wildman–Crippen MR) is 78.3 cm³/mol. The summed E-state index contributed by atoms with van der Waals surface area (Å²) < 4.78 is 10.0. The van der Waals surface area contributed by atoms with Crippen molar-refractivity contribution in [2.45, 2.75) is 38.1 Å². The zero-order valence-electron chi connectivity index (χ0n) is 12.3. The highest BCUT2D eigenvalue weighted by Crippen LogP contribution is 2.17. The van der Waals surface area contributed by atoms with Crippen molar-refractivity contribution in [1.29, 1.82) is 0 Å². The molecule has 5 heteroatoms. The van der Waals surface area contributed by atoms with Crippen LogP contribution in [0.2, 0.25) is 0 Å². The van der Waals surface area contributed by atoms with Gasteiger partial charge in [0.05, 0.1) is 12.7 Å². The Kier molecular flexibility index (Phi) is 5.60. The molecule has 5 nitrogen and oxygen atoms in total. The van der Waals surface area contributed by atoms with Crippen LogP contribution >= 0.6 is 0 Å². The number of benzene rings is 1. The molecule has 0 unspecified atom stereocenters. The van der Waals surface area contributed by atoms with Crippen LogP contribution in [0.3, 0.4) is 0 Å². The monoisotopic (exact) mass is 291 g/mol. The van der Waals surface area contributed by atoms with Crippen LogP contribution < -0.4 is 10.1 Å². The summed E-state index contributed by atoms with van der Waals surface area (Å²) in [5.41, 5.74) is 0.404. The third-order valence-corrected chi connectivity index (χ3v) is 3.63. The van der Waals surface area contributed by atoms with E-state index in [-0.39, 0.29) is 18.6 Å². The van der Waals surface area contributed by atoms with Crippen LogP contribution in [0.5, 0.6) is 5.75 Å². The first-order chi connectivity index (χ1) is 10.2. The molecule has 1 amide bonds. The Balaban J connectivity index is 1.75. The Bertz CT molecular complexity index is 478. The fourth-order valence-electron chi connectivity index (χ4n) is 2.46. The van der Waals surface area contributed by atoms with Crippen LogP contribution in [0.15, 0.2) is 24.3 Å². The Hall–Kier alpha value is -2.04. The Labute approximate surface area is 124 Å². The maximum absolute atomic E-state index is 11.8. The number of rotatable bonds is 5. The number of hydrogen-bond donors (Lipinski definition) is 1. The summed E-state index contributed by atoms with van der Waals surface area (Å²) in [4.78, 5) is 23.5. The van der Waals surface area contributed by atoms with Gasteiger partial charge in [0.1, 0.15) is 5.75 Å². The topological polar surface area (TPSA) is 64.6 Å². The lowest BCUT2D eigenvalue weighted by atomic mass is 9.95. The van der Waals surface area contributed by atoms with E-state index in [4.69, 9.17) is 9.47 Å². The van der Waals surface area contributed by atoms with Crippen molar-refractivity contribution in [3.63, 3.8) is 0 Å². The molecule has 1 aliphatic carbocycles. The molecule has 0 saturated heterocycles. The Morgan fingerprint density at radius 3 is 2.43 bits per heavy atom. The van der Waals surface area contributed by atoms with E-state index in [0.29, 0.717) is 11.3 Å². The van der Waals surface area contributed by atoms with Gasteiger partial charge in [-0.2, -0.15) is 0 Å². The molecule has 1 N–H and O–H groups in total. The second kappa shape index (κ2) is 7.67. The molecule has 1 saturated carbocycles. The number of hydrogen-bond acceptors (Lipinski definition) is 4. The minimum Gasteiger partial charge on any atom is -0.497 e. The van der Waals surface area contributed by atoms with Gasteiger partial charge in [0.25, 0.3) is 5.91 Å². The molecule has 1 aliphatic rings. The van der Waals surface area contributed by atoms with E-state index in [0.717, 1.165) is 25.7 Å². The molecule has 0 radical (unpaired) electrons. The van der Waals surface area contributed by atoms with Crippen LogP contribution in [-0.4, -0.2) is 31.6 Å². The normalized spacial score (nSPS) is 15.3. The van der Waals surface area contributed by atoms with Crippen LogP contribution in [0.1, 0.15) is 42.5 Å². The van der Waals surface area contributed by atoms with Crippen molar-refractivity contribution in [2.24, 2.45) is 0 Å². The Morgan fingerprint density at radius 2 is 1.81 bits per heavy atom. The highest BCUT2D eigenvalue weighted by molar-refractivity contribution is 5.91. The van der Waals surface area contributed by atoms with Crippen molar-refractivity contribution in [2.75, 3.05) is 13.7 Å². The van der Waals surface area contributed by atoms with Gasteiger partial charge in [-0.15, -0.1) is 0 Å². The van der Waals surface area contributed by atoms with Gasteiger partial charge in [-0.3, -0.25) is 4.79 Å². The summed E-state index contributed by atoms with van der Waals surface area (Å²) >= 11 is 0. The molecule has 1 aromatic rings. The lowest BCUT2D eigenvalue weighted by Gasteiger charge is -2.22. The molecule has 0 aliphatic heterocycles. The van der Waals surface area contributed by atoms with Crippen LogP contribution in [0.4, 0.5) is 0 Å². The number of carbonyl (C=O) groups is 2. The minimum atomic E-state index is -0.503. The van der Waals surface area contributed by atoms with E-state index in [1.165, 1.54) is 6.42 Å². The van der Waals surface area contributed by atoms with Gasteiger partial charge >= 0.3 is 5.97 Å². The second-order valence-corrected chi connectivity index (χ2v) is 5.21. The molecule has 0 bridgehead atoms. The molecule has 1 fully saturated rings. The predicted octanol–water partition coefficient (Wildman–Crippen LogP) is 2.30. The molecule has 0 spiro atoms. The van der Waals surface area contributed by atoms with E-state index in [1.54, 1.807) is 31.4 Å². The van der Waals surface area contributed by atoms with E-state index < -0.39 is 5.97 Å². The summed E-state index contributed by atoms with van der Waals surface area (Å²) in [6, 6.07) is 6.81. The third-order valence-electron chi connectivity index (χ3n) is 3.63. The zero-order chi connectivity index (χ0) is 15.1. The fourth-order valence-corrected chi connectivity index (χ4v) is 2.46. The molecular formula is C16H21NO4. The standard InChI is InChI=1S/C16H21NO4/c1-20-14-9-7-12(8-10-14)16(19)21-11-15(18)17-13-5-3-2-4-6-13/h7-10,13H,2-6,11H2,1H3,(H,17,18). The van der Waals surface area contributed by atoms with Crippen LogP contribution in [-0.2, 0) is 9.53 Å². The van der Waals surface area contributed by atoms with Gasteiger partial charge in [0, 0.05) is 6.04 Å². The largest absolute Gasteiger partial charge is 0.497 e.